The van der Waals surface area contributed by atoms with E-state index in [1.54, 1.807) is 10.7 Å². The zero-order valence-corrected chi connectivity index (χ0v) is 16.6. The van der Waals surface area contributed by atoms with Crippen LogP contribution in [0.2, 0.25) is 0 Å². The monoisotopic (exact) mass is 413 g/mol. The summed E-state index contributed by atoms with van der Waals surface area (Å²) in [5.74, 6) is -0.203. The molecule has 3 rings (SSSR count). The van der Waals surface area contributed by atoms with Crippen molar-refractivity contribution in [1.29, 1.82) is 0 Å². The maximum atomic E-state index is 13.1. The lowest BCUT2D eigenvalue weighted by molar-refractivity contribution is -0.137. The van der Waals surface area contributed by atoms with E-state index in [-0.39, 0.29) is 11.7 Å². The molecule has 1 amide bonds. The van der Waals surface area contributed by atoms with Crippen LogP contribution in [0.4, 0.5) is 13.2 Å². The SMILES string of the molecule is CC(C)(C)C(NC(=O)CSc1nnnn1C1CC1)c1cccc(C(F)(F)F)c1. The molecule has 1 aromatic carbocycles. The predicted octanol–water partition coefficient (Wildman–Crippen LogP) is 4.02. The molecule has 28 heavy (non-hydrogen) atoms. The number of aromatic nitrogens is 4. The maximum Gasteiger partial charge on any atom is 0.416 e. The number of nitrogens with one attached hydrogen (secondary N) is 1. The summed E-state index contributed by atoms with van der Waals surface area (Å²) in [5, 5.41) is 15.0. The van der Waals surface area contributed by atoms with E-state index < -0.39 is 23.2 Å². The molecule has 0 saturated heterocycles. The van der Waals surface area contributed by atoms with Crippen molar-refractivity contribution in [1.82, 2.24) is 25.5 Å². The number of hydrogen-bond acceptors (Lipinski definition) is 5. The van der Waals surface area contributed by atoms with Gasteiger partial charge < -0.3 is 5.32 Å². The Balaban J connectivity index is 1.70. The number of alkyl halides is 3. The Morgan fingerprint density at radius 2 is 2.04 bits per heavy atom. The van der Waals surface area contributed by atoms with Gasteiger partial charge in [0.2, 0.25) is 11.1 Å². The third kappa shape index (κ3) is 5.03. The minimum absolute atomic E-state index is 0.0820. The lowest BCUT2D eigenvalue weighted by Crippen LogP contribution is -2.37. The highest BCUT2D eigenvalue weighted by molar-refractivity contribution is 7.99. The topological polar surface area (TPSA) is 72.7 Å². The van der Waals surface area contributed by atoms with Crippen LogP contribution in [0.25, 0.3) is 0 Å². The van der Waals surface area contributed by atoms with Gasteiger partial charge in [-0.05, 0) is 46.4 Å². The van der Waals surface area contributed by atoms with Gasteiger partial charge in [0.25, 0.3) is 0 Å². The normalized spacial score (nSPS) is 16.1. The van der Waals surface area contributed by atoms with Gasteiger partial charge in [0.05, 0.1) is 23.4 Å². The third-order valence-electron chi connectivity index (χ3n) is 4.41. The lowest BCUT2D eigenvalue weighted by atomic mass is 9.82. The molecule has 1 aromatic heterocycles. The van der Waals surface area contributed by atoms with E-state index in [9.17, 15) is 18.0 Å². The molecule has 1 aliphatic carbocycles. The number of thioether (sulfide) groups is 1. The van der Waals surface area contributed by atoms with Crippen LogP contribution < -0.4 is 5.32 Å². The van der Waals surface area contributed by atoms with Gasteiger partial charge in [-0.25, -0.2) is 4.68 Å². The van der Waals surface area contributed by atoms with E-state index in [2.05, 4.69) is 20.8 Å². The molecule has 1 atom stereocenters. The van der Waals surface area contributed by atoms with Crippen LogP contribution in [0.1, 0.15) is 56.8 Å². The summed E-state index contributed by atoms with van der Waals surface area (Å²) in [6, 6.07) is 4.82. The highest BCUT2D eigenvalue weighted by Gasteiger charge is 2.34. The standard InChI is InChI=1S/C18H22F3N5OS/c1-17(2,3)15(11-5-4-6-12(9-11)18(19,20)21)22-14(27)10-28-16-23-24-25-26(16)13-7-8-13/h4-6,9,13,15H,7-8,10H2,1-3H3,(H,22,27). The second kappa shape index (κ2) is 7.73. The molecule has 0 aliphatic heterocycles. The summed E-state index contributed by atoms with van der Waals surface area (Å²) in [6.07, 6.45) is -2.39. The number of carbonyl (C=O) groups is 1. The Bertz CT molecular complexity index is 842. The number of hydrogen-bond donors (Lipinski definition) is 1. The van der Waals surface area contributed by atoms with E-state index in [0.29, 0.717) is 16.8 Å². The summed E-state index contributed by atoms with van der Waals surface area (Å²) >= 11 is 1.22. The molecule has 0 radical (unpaired) electrons. The molecule has 152 valence electrons. The fourth-order valence-corrected chi connectivity index (χ4v) is 3.61. The third-order valence-corrected chi connectivity index (χ3v) is 5.34. The van der Waals surface area contributed by atoms with E-state index in [1.165, 1.54) is 17.8 Å². The highest BCUT2D eigenvalue weighted by atomic mass is 32.2. The Morgan fingerprint density at radius 1 is 1.32 bits per heavy atom. The second-order valence-electron chi connectivity index (χ2n) is 7.92. The summed E-state index contributed by atoms with van der Waals surface area (Å²) in [7, 11) is 0. The van der Waals surface area contributed by atoms with Crippen LogP contribution in [0.15, 0.2) is 29.4 Å². The second-order valence-corrected chi connectivity index (χ2v) is 8.86. The van der Waals surface area contributed by atoms with Gasteiger partial charge in [-0.15, -0.1) is 5.10 Å². The van der Waals surface area contributed by atoms with Crippen LogP contribution in [-0.2, 0) is 11.0 Å². The van der Waals surface area contributed by atoms with Crippen molar-refractivity contribution in [2.24, 2.45) is 5.41 Å². The molecule has 0 spiro atoms. The fourth-order valence-electron chi connectivity index (χ4n) is 2.86. The molecule has 1 saturated carbocycles. The number of tetrazole rings is 1. The van der Waals surface area contributed by atoms with E-state index in [1.807, 2.05) is 20.8 Å². The first kappa shape index (κ1) is 20.6. The van der Waals surface area contributed by atoms with Crippen molar-refractivity contribution >= 4 is 17.7 Å². The first-order chi connectivity index (χ1) is 13.1. The zero-order chi connectivity index (χ0) is 20.5. The molecule has 10 heteroatoms. The number of carbonyl (C=O) groups excluding carboxylic acids is 1. The number of benzene rings is 1. The minimum Gasteiger partial charge on any atom is -0.348 e. The smallest absolute Gasteiger partial charge is 0.348 e. The maximum absolute atomic E-state index is 13.1. The van der Waals surface area contributed by atoms with Gasteiger partial charge in [0.15, 0.2) is 0 Å². The Labute approximate surface area is 165 Å². The summed E-state index contributed by atoms with van der Waals surface area (Å²) in [4.78, 5) is 12.5. The van der Waals surface area contributed by atoms with Gasteiger partial charge in [-0.1, -0.05) is 44.7 Å². The predicted molar refractivity (Wildman–Crippen MR) is 98.6 cm³/mol. The van der Waals surface area contributed by atoms with Gasteiger partial charge >= 0.3 is 6.18 Å². The van der Waals surface area contributed by atoms with Gasteiger partial charge in [-0.2, -0.15) is 13.2 Å². The van der Waals surface area contributed by atoms with Crippen LogP contribution in [0, 0.1) is 5.41 Å². The molecule has 1 aliphatic rings. The molecule has 6 nitrogen and oxygen atoms in total. The summed E-state index contributed by atoms with van der Waals surface area (Å²) < 4.78 is 40.9. The van der Waals surface area contributed by atoms with Gasteiger partial charge in [0, 0.05) is 0 Å². The van der Waals surface area contributed by atoms with Crippen LogP contribution in [-0.4, -0.2) is 31.9 Å². The van der Waals surface area contributed by atoms with Crippen molar-refractivity contribution in [3.05, 3.63) is 35.4 Å². The van der Waals surface area contributed by atoms with Crippen molar-refractivity contribution in [2.75, 3.05) is 5.75 Å². The number of halogens is 3. The first-order valence-electron chi connectivity index (χ1n) is 8.93. The van der Waals surface area contributed by atoms with Gasteiger partial charge in [0.1, 0.15) is 0 Å². The van der Waals surface area contributed by atoms with E-state index in [4.69, 9.17) is 0 Å². The molecule has 0 bridgehead atoms. The molecule has 1 heterocycles. The molecular formula is C18H22F3N5OS. The summed E-state index contributed by atoms with van der Waals surface area (Å²) in [6.45, 7) is 5.62. The molecule has 1 fully saturated rings. The van der Waals surface area contributed by atoms with Gasteiger partial charge in [-0.3, -0.25) is 4.79 Å². The number of nitrogens with zero attached hydrogens (tertiary/aromatic N) is 4. The van der Waals surface area contributed by atoms with Crippen molar-refractivity contribution in [3.63, 3.8) is 0 Å². The van der Waals surface area contributed by atoms with E-state index in [0.717, 1.165) is 25.0 Å². The minimum atomic E-state index is -4.43. The molecule has 1 N–H and O–H groups in total. The number of rotatable bonds is 6. The van der Waals surface area contributed by atoms with Crippen molar-refractivity contribution in [2.45, 2.75) is 57.0 Å². The average Bonchev–Trinajstić information content (AvgIpc) is 3.34. The number of amides is 1. The first-order valence-corrected chi connectivity index (χ1v) is 9.91. The average molecular weight is 413 g/mol. The summed E-state index contributed by atoms with van der Waals surface area (Å²) in [5.41, 5.74) is -0.782. The Morgan fingerprint density at radius 3 is 2.64 bits per heavy atom. The van der Waals surface area contributed by atoms with Crippen LogP contribution in [0.5, 0.6) is 0 Å². The fraction of sp³-hybridized carbons (Fsp3) is 0.556. The Kier molecular flexibility index (Phi) is 5.69. The molecule has 1 unspecified atom stereocenters. The van der Waals surface area contributed by atoms with Crippen molar-refractivity contribution in [3.8, 4) is 0 Å². The highest BCUT2D eigenvalue weighted by Crippen LogP contribution is 2.37. The zero-order valence-electron chi connectivity index (χ0n) is 15.8. The Hall–Kier alpha value is -2.10. The molecule has 2 aromatic rings. The van der Waals surface area contributed by atoms with Crippen LogP contribution >= 0.6 is 11.8 Å². The largest absolute Gasteiger partial charge is 0.416 e. The quantitative estimate of drug-likeness (QED) is 0.724. The van der Waals surface area contributed by atoms with E-state index >= 15 is 0 Å². The van der Waals surface area contributed by atoms with Crippen molar-refractivity contribution < 1.29 is 18.0 Å². The lowest BCUT2D eigenvalue weighted by Gasteiger charge is -2.32. The van der Waals surface area contributed by atoms with Crippen LogP contribution in [0.3, 0.4) is 0 Å². The molecular weight excluding hydrogens is 391 g/mol.